The van der Waals surface area contributed by atoms with Crippen molar-refractivity contribution in [2.24, 2.45) is 0 Å². The number of hydrogen-bond donors (Lipinski definition) is 1. The van der Waals surface area contributed by atoms with Crippen molar-refractivity contribution in [3.8, 4) is 34.3 Å². The van der Waals surface area contributed by atoms with E-state index in [2.05, 4.69) is 10.3 Å². The Balaban J connectivity index is 1.58. The SMILES string of the molecule is N#Cc1nccc2c(=O)c(-c3ccc(OC(=O)NC4CCC4)cc3)c(-c3ccccc3)oc12. The topological polar surface area (TPSA) is 105 Å². The number of carbonyl (C=O) groups excluding carboxylic acids is 1. The highest BCUT2D eigenvalue weighted by Gasteiger charge is 2.22. The van der Waals surface area contributed by atoms with E-state index in [-0.39, 0.29) is 28.1 Å². The number of aromatic nitrogens is 1. The van der Waals surface area contributed by atoms with Crippen LogP contribution >= 0.6 is 0 Å². The average molecular weight is 437 g/mol. The Morgan fingerprint density at radius 3 is 2.48 bits per heavy atom. The third-order valence-corrected chi connectivity index (χ3v) is 5.73. The van der Waals surface area contributed by atoms with Gasteiger partial charge in [0, 0.05) is 17.8 Å². The predicted molar refractivity (Wildman–Crippen MR) is 123 cm³/mol. The van der Waals surface area contributed by atoms with Crippen LogP contribution in [-0.2, 0) is 0 Å². The highest BCUT2D eigenvalue weighted by Crippen LogP contribution is 2.33. The third kappa shape index (κ3) is 3.94. The first-order chi connectivity index (χ1) is 16.1. The van der Waals surface area contributed by atoms with Gasteiger partial charge in [0.2, 0.25) is 5.43 Å². The molecule has 5 rings (SSSR count). The highest BCUT2D eigenvalue weighted by atomic mass is 16.6. The van der Waals surface area contributed by atoms with E-state index in [1.54, 1.807) is 30.3 Å². The van der Waals surface area contributed by atoms with Crippen LogP contribution in [0.3, 0.4) is 0 Å². The van der Waals surface area contributed by atoms with E-state index in [1.807, 2.05) is 36.4 Å². The predicted octanol–water partition coefficient (Wildman–Crippen LogP) is 5.03. The number of hydrogen-bond acceptors (Lipinski definition) is 6. The Bertz CT molecular complexity index is 1430. The zero-order chi connectivity index (χ0) is 22.8. The summed E-state index contributed by atoms with van der Waals surface area (Å²) in [5.74, 6) is 0.715. The molecule has 33 heavy (non-hydrogen) atoms. The van der Waals surface area contributed by atoms with Gasteiger partial charge in [-0.3, -0.25) is 4.79 Å². The molecule has 2 aromatic carbocycles. The number of amides is 1. The summed E-state index contributed by atoms with van der Waals surface area (Å²) < 4.78 is 11.5. The van der Waals surface area contributed by atoms with Crippen LogP contribution < -0.4 is 15.5 Å². The standard InChI is InChI=1S/C26H19N3O4/c27-15-21-25-20(13-14-28-21)23(30)22(24(33-25)17-5-2-1-3-6-17)16-9-11-19(12-10-16)32-26(31)29-18-7-4-8-18/h1-3,5-6,9-14,18H,4,7-8H2,(H,29,31). The number of benzene rings is 2. The molecular formula is C26H19N3O4. The maximum Gasteiger partial charge on any atom is 0.412 e. The second kappa shape index (κ2) is 8.60. The first-order valence-corrected chi connectivity index (χ1v) is 10.6. The van der Waals surface area contributed by atoms with Crippen molar-refractivity contribution in [3.63, 3.8) is 0 Å². The Hall–Kier alpha value is -4.44. The monoisotopic (exact) mass is 437 g/mol. The molecule has 0 bridgehead atoms. The maximum atomic E-state index is 13.5. The fourth-order valence-electron chi connectivity index (χ4n) is 3.80. The number of pyridine rings is 1. The largest absolute Gasteiger partial charge is 0.452 e. The van der Waals surface area contributed by atoms with E-state index in [0.717, 1.165) is 19.3 Å². The van der Waals surface area contributed by atoms with E-state index in [9.17, 15) is 14.9 Å². The Labute approximate surface area is 189 Å². The second-order valence-electron chi connectivity index (χ2n) is 7.84. The minimum Gasteiger partial charge on any atom is -0.452 e. The summed E-state index contributed by atoms with van der Waals surface area (Å²) in [6.07, 6.45) is 3.98. The zero-order valence-electron chi connectivity index (χ0n) is 17.6. The molecule has 0 unspecified atom stereocenters. The van der Waals surface area contributed by atoms with Gasteiger partial charge in [0.15, 0.2) is 11.3 Å². The lowest BCUT2D eigenvalue weighted by Crippen LogP contribution is -2.40. The molecule has 2 heterocycles. The first kappa shape index (κ1) is 20.5. The van der Waals surface area contributed by atoms with Crippen LogP contribution in [0.5, 0.6) is 5.75 Å². The zero-order valence-corrected chi connectivity index (χ0v) is 17.6. The molecular weight excluding hydrogens is 418 g/mol. The molecule has 1 amide bonds. The number of ether oxygens (including phenoxy) is 1. The summed E-state index contributed by atoms with van der Waals surface area (Å²) >= 11 is 0. The smallest absolute Gasteiger partial charge is 0.412 e. The molecule has 0 radical (unpaired) electrons. The normalized spacial score (nSPS) is 13.2. The van der Waals surface area contributed by atoms with Crippen LogP contribution in [0.2, 0.25) is 0 Å². The van der Waals surface area contributed by atoms with E-state index in [4.69, 9.17) is 9.15 Å². The van der Waals surface area contributed by atoms with Gasteiger partial charge >= 0.3 is 6.09 Å². The molecule has 0 saturated heterocycles. The Kier molecular flexibility index (Phi) is 5.33. The fraction of sp³-hybridized carbons (Fsp3) is 0.154. The molecule has 1 N–H and O–H groups in total. The van der Waals surface area contributed by atoms with Gasteiger partial charge in [-0.25, -0.2) is 9.78 Å². The average Bonchev–Trinajstić information content (AvgIpc) is 2.82. The summed E-state index contributed by atoms with van der Waals surface area (Å²) in [5, 5.41) is 12.5. The van der Waals surface area contributed by atoms with E-state index in [0.29, 0.717) is 28.2 Å². The summed E-state index contributed by atoms with van der Waals surface area (Å²) in [6.45, 7) is 0. The molecule has 2 aromatic heterocycles. The van der Waals surface area contributed by atoms with Crippen LogP contribution in [-0.4, -0.2) is 17.1 Å². The lowest BCUT2D eigenvalue weighted by atomic mass is 9.93. The third-order valence-electron chi connectivity index (χ3n) is 5.73. The van der Waals surface area contributed by atoms with Crippen molar-refractivity contribution in [1.29, 1.82) is 5.26 Å². The van der Waals surface area contributed by atoms with Gasteiger partial charge < -0.3 is 14.5 Å². The van der Waals surface area contributed by atoms with Gasteiger partial charge in [-0.2, -0.15) is 5.26 Å². The van der Waals surface area contributed by atoms with Gasteiger partial charge in [0.05, 0.1) is 10.9 Å². The molecule has 4 aromatic rings. The van der Waals surface area contributed by atoms with Crippen molar-refractivity contribution in [2.45, 2.75) is 25.3 Å². The molecule has 0 aliphatic heterocycles. The number of carbonyl (C=O) groups is 1. The quantitative estimate of drug-likeness (QED) is 0.480. The number of nitrogens with zero attached hydrogens (tertiary/aromatic N) is 2. The van der Waals surface area contributed by atoms with E-state index >= 15 is 0 Å². The van der Waals surface area contributed by atoms with Crippen molar-refractivity contribution >= 4 is 17.1 Å². The molecule has 1 aliphatic carbocycles. The molecule has 0 atom stereocenters. The lowest BCUT2D eigenvalue weighted by Gasteiger charge is -2.25. The van der Waals surface area contributed by atoms with Crippen molar-refractivity contribution in [1.82, 2.24) is 10.3 Å². The summed E-state index contributed by atoms with van der Waals surface area (Å²) in [5.41, 5.74) is 1.58. The maximum absolute atomic E-state index is 13.5. The summed E-state index contributed by atoms with van der Waals surface area (Å²) in [6, 6.07) is 19.6. The first-order valence-electron chi connectivity index (χ1n) is 10.6. The summed E-state index contributed by atoms with van der Waals surface area (Å²) in [4.78, 5) is 29.6. The molecule has 1 saturated carbocycles. The molecule has 0 spiro atoms. The number of fused-ring (bicyclic) bond motifs is 1. The summed E-state index contributed by atoms with van der Waals surface area (Å²) in [7, 11) is 0. The highest BCUT2D eigenvalue weighted by molar-refractivity contribution is 5.90. The van der Waals surface area contributed by atoms with Crippen LogP contribution in [0.25, 0.3) is 33.4 Å². The fourth-order valence-corrected chi connectivity index (χ4v) is 3.80. The number of nitriles is 1. The Morgan fingerprint density at radius 2 is 1.82 bits per heavy atom. The molecule has 1 aliphatic rings. The van der Waals surface area contributed by atoms with Gasteiger partial charge in [0.1, 0.15) is 17.6 Å². The number of rotatable bonds is 4. The number of nitrogens with one attached hydrogen (secondary N) is 1. The van der Waals surface area contributed by atoms with E-state index < -0.39 is 6.09 Å². The van der Waals surface area contributed by atoms with Gasteiger partial charge in [-0.05, 0) is 43.0 Å². The minimum absolute atomic E-state index is 0.0505. The van der Waals surface area contributed by atoms with Gasteiger partial charge in [-0.1, -0.05) is 42.5 Å². The minimum atomic E-state index is -0.487. The van der Waals surface area contributed by atoms with Crippen molar-refractivity contribution in [3.05, 3.63) is 82.8 Å². The molecule has 162 valence electrons. The van der Waals surface area contributed by atoms with Crippen molar-refractivity contribution in [2.75, 3.05) is 0 Å². The molecule has 1 fully saturated rings. The van der Waals surface area contributed by atoms with Crippen LogP contribution in [0, 0.1) is 11.3 Å². The van der Waals surface area contributed by atoms with E-state index in [1.165, 1.54) is 6.20 Å². The Morgan fingerprint density at radius 1 is 1.06 bits per heavy atom. The lowest BCUT2D eigenvalue weighted by molar-refractivity contribution is 0.188. The van der Waals surface area contributed by atoms with Crippen LogP contribution in [0.4, 0.5) is 4.79 Å². The second-order valence-corrected chi connectivity index (χ2v) is 7.84. The van der Waals surface area contributed by atoms with Crippen molar-refractivity contribution < 1.29 is 13.9 Å². The van der Waals surface area contributed by atoms with Crippen LogP contribution in [0.1, 0.15) is 25.0 Å². The van der Waals surface area contributed by atoms with Gasteiger partial charge in [0.25, 0.3) is 0 Å². The van der Waals surface area contributed by atoms with Crippen LogP contribution in [0.15, 0.2) is 76.1 Å². The molecule has 7 heteroatoms. The van der Waals surface area contributed by atoms with Gasteiger partial charge in [-0.15, -0.1) is 0 Å². The molecule has 7 nitrogen and oxygen atoms in total.